The Morgan fingerprint density at radius 3 is 2.67 bits per heavy atom. The van der Waals surface area contributed by atoms with E-state index in [0.29, 0.717) is 11.4 Å². The van der Waals surface area contributed by atoms with Gasteiger partial charge in [-0.05, 0) is 25.1 Å². The maximum absolute atomic E-state index is 11.7. The monoisotopic (exact) mass is 243 g/mol. The number of benzene rings is 1. The average molecular weight is 243 g/mol. The van der Waals surface area contributed by atoms with Crippen molar-refractivity contribution in [2.75, 3.05) is 5.32 Å². The van der Waals surface area contributed by atoms with E-state index < -0.39 is 0 Å². The Labute approximate surface area is 104 Å². The zero-order chi connectivity index (χ0) is 13.0. The highest BCUT2D eigenvalue weighted by atomic mass is 16.2. The first-order valence-corrected chi connectivity index (χ1v) is 5.55. The number of aromatic nitrogens is 2. The van der Waals surface area contributed by atoms with E-state index in [9.17, 15) is 9.59 Å². The third-order valence-electron chi connectivity index (χ3n) is 2.35. The largest absolute Gasteiger partial charge is 0.324 e. The van der Waals surface area contributed by atoms with Gasteiger partial charge in [-0.15, -0.1) is 0 Å². The number of carbonyl (C=O) groups is 1. The van der Waals surface area contributed by atoms with Crippen LogP contribution in [0.2, 0.25) is 0 Å². The number of anilines is 1. The van der Waals surface area contributed by atoms with Crippen LogP contribution in [0.5, 0.6) is 0 Å². The van der Waals surface area contributed by atoms with Crippen LogP contribution in [-0.2, 0) is 11.3 Å². The predicted molar refractivity (Wildman–Crippen MR) is 68.3 cm³/mol. The lowest BCUT2D eigenvalue weighted by Gasteiger charge is -2.06. The van der Waals surface area contributed by atoms with Crippen molar-refractivity contribution in [2.24, 2.45) is 0 Å². The van der Waals surface area contributed by atoms with Crippen molar-refractivity contribution in [2.45, 2.75) is 13.5 Å². The van der Waals surface area contributed by atoms with E-state index in [2.05, 4.69) is 10.4 Å². The molecular weight excluding hydrogens is 230 g/mol. The summed E-state index contributed by atoms with van der Waals surface area (Å²) in [4.78, 5) is 23.2. The van der Waals surface area contributed by atoms with Crippen LogP contribution in [0.1, 0.15) is 5.69 Å². The molecule has 0 atom stereocenters. The van der Waals surface area contributed by atoms with Gasteiger partial charge in [0.25, 0.3) is 5.56 Å². The van der Waals surface area contributed by atoms with Crippen molar-refractivity contribution in [3.8, 4) is 0 Å². The summed E-state index contributed by atoms with van der Waals surface area (Å²) in [5.74, 6) is -0.276. The summed E-state index contributed by atoms with van der Waals surface area (Å²) in [5.41, 5.74) is 1.11. The molecule has 0 saturated heterocycles. The Morgan fingerprint density at radius 2 is 1.94 bits per heavy atom. The SMILES string of the molecule is Cc1ccc(=O)n(CC(=O)Nc2ccccc2)n1. The van der Waals surface area contributed by atoms with Crippen molar-refractivity contribution in [1.29, 1.82) is 0 Å². The minimum atomic E-state index is -0.288. The molecule has 0 saturated carbocycles. The molecule has 0 bridgehead atoms. The first-order chi connectivity index (χ1) is 8.65. The summed E-state index contributed by atoms with van der Waals surface area (Å²) in [6.07, 6.45) is 0. The average Bonchev–Trinajstić information content (AvgIpc) is 2.35. The zero-order valence-corrected chi connectivity index (χ0v) is 9.96. The first-order valence-electron chi connectivity index (χ1n) is 5.55. The molecule has 2 rings (SSSR count). The molecule has 0 unspecified atom stereocenters. The van der Waals surface area contributed by atoms with Gasteiger partial charge in [-0.25, -0.2) is 4.68 Å². The molecule has 0 fully saturated rings. The number of hydrogen-bond donors (Lipinski definition) is 1. The van der Waals surface area contributed by atoms with Crippen molar-refractivity contribution >= 4 is 11.6 Å². The molecule has 0 radical (unpaired) electrons. The fourth-order valence-electron chi connectivity index (χ4n) is 1.52. The molecule has 0 aliphatic rings. The highest BCUT2D eigenvalue weighted by Gasteiger charge is 2.05. The number of hydrogen-bond acceptors (Lipinski definition) is 3. The van der Waals surface area contributed by atoms with E-state index in [-0.39, 0.29) is 18.0 Å². The quantitative estimate of drug-likeness (QED) is 0.880. The second-order valence-electron chi connectivity index (χ2n) is 3.88. The van der Waals surface area contributed by atoms with Crippen LogP contribution in [0.25, 0.3) is 0 Å². The maximum Gasteiger partial charge on any atom is 0.267 e. The minimum absolute atomic E-state index is 0.0879. The Balaban J connectivity index is 2.08. The van der Waals surface area contributed by atoms with Crippen molar-refractivity contribution in [1.82, 2.24) is 9.78 Å². The number of carbonyl (C=O) groups excluding carboxylic acids is 1. The minimum Gasteiger partial charge on any atom is -0.324 e. The van der Waals surface area contributed by atoms with E-state index in [1.807, 2.05) is 18.2 Å². The molecular formula is C13H13N3O2. The summed E-state index contributed by atoms with van der Waals surface area (Å²) < 4.78 is 1.15. The summed E-state index contributed by atoms with van der Waals surface area (Å²) in [5, 5.41) is 6.70. The third-order valence-corrected chi connectivity index (χ3v) is 2.35. The zero-order valence-electron chi connectivity index (χ0n) is 9.96. The second-order valence-corrected chi connectivity index (χ2v) is 3.88. The molecule has 1 amide bonds. The molecule has 0 aliphatic heterocycles. The van der Waals surface area contributed by atoms with E-state index in [4.69, 9.17) is 0 Å². The molecule has 1 heterocycles. The van der Waals surface area contributed by atoms with E-state index >= 15 is 0 Å². The lowest BCUT2D eigenvalue weighted by Crippen LogP contribution is -2.29. The highest BCUT2D eigenvalue weighted by molar-refractivity contribution is 5.90. The molecule has 5 nitrogen and oxygen atoms in total. The van der Waals surface area contributed by atoms with Gasteiger partial charge in [0.2, 0.25) is 5.91 Å². The van der Waals surface area contributed by atoms with Gasteiger partial charge in [0.1, 0.15) is 6.54 Å². The molecule has 92 valence electrons. The van der Waals surface area contributed by atoms with E-state index in [0.717, 1.165) is 4.68 Å². The van der Waals surface area contributed by atoms with Crippen LogP contribution >= 0.6 is 0 Å². The van der Waals surface area contributed by atoms with Crippen LogP contribution in [-0.4, -0.2) is 15.7 Å². The normalized spacial score (nSPS) is 10.1. The van der Waals surface area contributed by atoms with Crippen LogP contribution in [0.3, 0.4) is 0 Å². The Hall–Kier alpha value is -2.43. The number of aryl methyl sites for hydroxylation is 1. The fraction of sp³-hybridized carbons (Fsp3) is 0.154. The fourth-order valence-corrected chi connectivity index (χ4v) is 1.52. The van der Waals surface area contributed by atoms with Crippen molar-refractivity contribution < 1.29 is 4.79 Å². The molecule has 1 aromatic carbocycles. The third kappa shape index (κ3) is 3.04. The van der Waals surface area contributed by atoms with E-state index in [1.54, 1.807) is 25.1 Å². The topological polar surface area (TPSA) is 64.0 Å². The molecule has 18 heavy (non-hydrogen) atoms. The molecule has 0 aliphatic carbocycles. The van der Waals surface area contributed by atoms with Gasteiger partial charge in [-0.1, -0.05) is 18.2 Å². The van der Waals surface area contributed by atoms with Crippen molar-refractivity contribution in [3.63, 3.8) is 0 Å². The van der Waals surface area contributed by atoms with E-state index in [1.165, 1.54) is 6.07 Å². The summed E-state index contributed by atoms with van der Waals surface area (Å²) in [6, 6.07) is 12.1. The van der Waals surface area contributed by atoms with Gasteiger partial charge < -0.3 is 5.32 Å². The number of nitrogens with zero attached hydrogens (tertiary/aromatic N) is 2. The van der Waals surface area contributed by atoms with Gasteiger partial charge in [0, 0.05) is 11.8 Å². The summed E-state index contributed by atoms with van der Waals surface area (Å²) in [7, 11) is 0. The van der Waals surface area contributed by atoms with Gasteiger partial charge in [0.05, 0.1) is 5.69 Å². The van der Waals surface area contributed by atoms with Crippen LogP contribution < -0.4 is 10.9 Å². The summed E-state index contributed by atoms with van der Waals surface area (Å²) in [6.45, 7) is 1.68. The standard InChI is InChI=1S/C13H13N3O2/c1-10-7-8-13(18)16(15-10)9-12(17)14-11-5-3-2-4-6-11/h2-8H,9H2,1H3,(H,14,17). The van der Waals surface area contributed by atoms with Crippen molar-refractivity contribution in [3.05, 3.63) is 58.5 Å². The molecule has 2 aromatic rings. The maximum atomic E-state index is 11.7. The Bertz CT molecular complexity index is 605. The highest BCUT2D eigenvalue weighted by Crippen LogP contribution is 2.04. The second kappa shape index (κ2) is 5.27. The number of amides is 1. The first kappa shape index (κ1) is 12.0. The molecule has 0 spiro atoms. The number of rotatable bonds is 3. The molecule has 1 aromatic heterocycles. The molecule has 1 N–H and O–H groups in total. The predicted octanol–water partition coefficient (Wildman–Crippen LogP) is 1.19. The lowest BCUT2D eigenvalue weighted by atomic mass is 10.3. The molecule has 5 heteroatoms. The smallest absolute Gasteiger partial charge is 0.267 e. The van der Waals surface area contributed by atoms with Gasteiger partial charge in [-0.2, -0.15) is 5.10 Å². The van der Waals surface area contributed by atoms with Crippen LogP contribution in [0.4, 0.5) is 5.69 Å². The Kier molecular flexibility index (Phi) is 3.52. The van der Waals surface area contributed by atoms with Gasteiger partial charge in [-0.3, -0.25) is 9.59 Å². The number of nitrogens with one attached hydrogen (secondary N) is 1. The Morgan fingerprint density at radius 1 is 1.22 bits per heavy atom. The van der Waals surface area contributed by atoms with Crippen LogP contribution in [0, 0.1) is 6.92 Å². The van der Waals surface area contributed by atoms with Gasteiger partial charge in [0.15, 0.2) is 0 Å². The van der Waals surface area contributed by atoms with Crippen LogP contribution in [0.15, 0.2) is 47.3 Å². The van der Waals surface area contributed by atoms with Gasteiger partial charge >= 0.3 is 0 Å². The number of para-hydroxylation sites is 1. The lowest BCUT2D eigenvalue weighted by molar-refractivity contribution is -0.117. The summed E-state index contributed by atoms with van der Waals surface area (Å²) >= 11 is 0.